The first-order valence-corrected chi connectivity index (χ1v) is 9.21. The molecule has 5 rings (SSSR count). The average Bonchev–Trinajstić information content (AvgIpc) is 3.22. The van der Waals surface area contributed by atoms with Gasteiger partial charge in [-0.15, -0.1) is 0 Å². The number of nitrogens with zero attached hydrogens (tertiary/aromatic N) is 1. The second-order valence-corrected chi connectivity index (χ2v) is 8.34. The highest BCUT2D eigenvalue weighted by Crippen LogP contribution is 2.59. The van der Waals surface area contributed by atoms with Crippen molar-refractivity contribution in [2.24, 2.45) is 23.7 Å². The third-order valence-corrected chi connectivity index (χ3v) is 7.03. The topological polar surface area (TPSA) is 29.5 Å². The Hall–Kier alpha value is -1.06. The molecule has 4 heteroatoms. The highest BCUT2D eigenvalue weighted by Gasteiger charge is 2.63. The second kappa shape index (κ2) is 4.73. The van der Waals surface area contributed by atoms with Crippen LogP contribution in [0.5, 0.6) is 0 Å². The summed E-state index contributed by atoms with van der Waals surface area (Å²) in [7, 11) is 0. The molecule has 2 aliphatic carbocycles. The number of halogens is 1. The van der Waals surface area contributed by atoms with Crippen LogP contribution in [-0.2, 0) is 15.3 Å². The largest absolute Gasteiger partial charge is 0.351 e. The van der Waals surface area contributed by atoms with Gasteiger partial charge in [0.2, 0.25) is 5.91 Å². The zero-order chi connectivity index (χ0) is 15.8. The van der Waals surface area contributed by atoms with Gasteiger partial charge in [-0.05, 0) is 43.2 Å². The number of carbonyl (C=O) groups excluding carboxylic acids is 1. The molecule has 6 atom stereocenters. The number of rotatable bonds is 1. The van der Waals surface area contributed by atoms with Crippen molar-refractivity contribution in [1.82, 2.24) is 4.90 Å². The van der Waals surface area contributed by atoms with Crippen LogP contribution in [0.15, 0.2) is 24.3 Å². The third-order valence-electron chi connectivity index (χ3n) is 6.78. The molecule has 0 spiro atoms. The summed E-state index contributed by atoms with van der Waals surface area (Å²) in [5.41, 5.74) is 0.521. The van der Waals surface area contributed by atoms with Crippen molar-refractivity contribution in [3.63, 3.8) is 0 Å². The van der Waals surface area contributed by atoms with E-state index in [4.69, 9.17) is 16.3 Å². The minimum Gasteiger partial charge on any atom is -0.351 e. The standard InChI is InChI=1S/C19H22ClNO2/c1-11-9-19(14-4-6-15(20)7-5-14)21(18(11)22)17-13-3-2-12(8-13)16(17)10-23-19/h4-7,11-13,16-17H,2-3,8-10H2,1H3/t11-,12-,13+,16+,17-,19-/m0/s1. The summed E-state index contributed by atoms with van der Waals surface area (Å²) in [6.07, 6.45) is 4.64. The van der Waals surface area contributed by atoms with Gasteiger partial charge >= 0.3 is 0 Å². The molecule has 4 aliphatic rings. The van der Waals surface area contributed by atoms with Crippen LogP contribution in [0, 0.1) is 23.7 Å². The van der Waals surface area contributed by atoms with E-state index in [2.05, 4.69) is 4.90 Å². The van der Waals surface area contributed by atoms with E-state index in [1.807, 2.05) is 31.2 Å². The Labute approximate surface area is 141 Å². The number of hydrogen-bond donors (Lipinski definition) is 0. The zero-order valence-electron chi connectivity index (χ0n) is 13.4. The van der Waals surface area contributed by atoms with E-state index in [1.54, 1.807) is 0 Å². The van der Waals surface area contributed by atoms with Crippen molar-refractivity contribution in [1.29, 1.82) is 0 Å². The van der Waals surface area contributed by atoms with Gasteiger partial charge in [0.25, 0.3) is 0 Å². The van der Waals surface area contributed by atoms with Gasteiger partial charge in [0.15, 0.2) is 5.72 Å². The van der Waals surface area contributed by atoms with Crippen molar-refractivity contribution in [2.75, 3.05) is 6.61 Å². The van der Waals surface area contributed by atoms with Crippen LogP contribution in [-0.4, -0.2) is 23.5 Å². The summed E-state index contributed by atoms with van der Waals surface area (Å²) in [5, 5.41) is 0.725. The number of amides is 1. The highest BCUT2D eigenvalue weighted by molar-refractivity contribution is 6.30. The van der Waals surface area contributed by atoms with E-state index in [-0.39, 0.29) is 11.8 Å². The minimum atomic E-state index is -0.563. The molecule has 0 unspecified atom stereocenters. The number of fused-ring (bicyclic) bond motifs is 7. The summed E-state index contributed by atoms with van der Waals surface area (Å²) in [6, 6.07) is 8.28. The number of ether oxygens (including phenoxy) is 1. The van der Waals surface area contributed by atoms with Gasteiger partial charge in [0, 0.05) is 34.9 Å². The van der Waals surface area contributed by atoms with E-state index in [0.717, 1.165) is 29.5 Å². The summed E-state index contributed by atoms with van der Waals surface area (Å²) in [4.78, 5) is 15.2. The summed E-state index contributed by atoms with van der Waals surface area (Å²) < 4.78 is 6.48. The molecule has 122 valence electrons. The summed E-state index contributed by atoms with van der Waals surface area (Å²) >= 11 is 6.07. The maximum Gasteiger partial charge on any atom is 0.228 e. The fourth-order valence-corrected chi connectivity index (χ4v) is 5.96. The second-order valence-electron chi connectivity index (χ2n) is 7.90. The first-order chi connectivity index (χ1) is 11.1. The maximum absolute atomic E-state index is 13.0. The van der Waals surface area contributed by atoms with Crippen molar-refractivity contribution in [3.8, 4) is 0 Å². The molecule has 1 aromatic rings. The number of carbonyl (C=O) groups is 1. The van der Waals surface area contributed by atoms with Crippen molar-refractivity contribution in [2.45, 2.75) is 44.4 Å². The van der Waals surface area contributed by atoms with Gasteiger partial charge in [-0.25, -0.2) is 0 Å². The summed E-state index contributed by atoms with van der Waals surface area (Å²) in [6.45, 7) is 2.84. The van der Waals surface area contributed by atoms with Crippen LogP contribution in [0.1, 0.15) is 38.2 Å². The molecule has 2 bridgehead atoms. The molecule has 2 aliphatic heterocycles. The molecule has 23 heavy (non-hydrogen) atoms. The van der Waals surface area contributed by atoms with Crippen molar-refractivity contribution >= 4 is 17.5 Å². The number of benzene rings is 1. The Balaban J connectivity index is 1.62. The van der Waals surface area contributed by atoms with Gasteiger partial charge in [-0.2, -0.15) is 0 Å². The van der Waals surface area contributed by atoms with Crippen LogP contribution in [0.2, 0.25) is 5.02 Å². The Bertz CT molecular complexity index is 660. The van der Waals surface area contributed by atoms with Crippen LogP contribution < -0.4 is 0 Å². The lowest BCUT2D eigenvalue weighted by atomic mass is 9.81. The van der Waals surface area contributed by atoms with Gasteiger partial charge in [0.05, 0.1) is 6.61 Å². The lowest BCUT2D eigenvalue weighted by molar-refractivity contribution is -0.223. The molecular weight excluding hydrogens is 310 g/mol. The van der Waals surface area contributed by atoms with E-state index >= 15 is 0 Å². The van der Waals surface area contributed by atoms with Crippen LogP contribution >= 0.6 is 11.6 Å². The fraction of sp³-hybridized carbons (Fsp3) is 0.632. The molecule has 4 fully saturated rings. The smallest absolute Gasteiger partial charge is 0.228 e. The predicted octanol–water partition coefficient (Wildman–Crippen LogP) is 3.81. The Kier molecular flexibility index (Phi) is 2.94. The van der Waals surface area contributed by atoms with Crippen molar-refractivity contribution in [3.05, 3.63) is 34.9 Å². The van der Waals surface area contributed by atoms with Gasteiger partial charge in [-0.1, -0.05) is 30.7 Å². The molecule has 1 aromatic carbocycles. The Morgan fingerprint density at radius 1 is 1.22 bits per heavy atom. The molecule has 0 N–H and O–H groups in total. The first kappa shape index (κ1) is 14.3. The SMILES string of the molecule is C[C@H]1C[C@@]2(c3ccc(Cl)cc3)OC[C@@H]3[C@H]4CC[C@H](C4)[C@@H]3N2C1=O. The van der Waals surface area contributed by atoms with Crippen LogP contribution in [0.25, 0.3) is 0 Å². The van der Waals surface area contributed by atoms with E-state index in [0.29, 0.717) is 17.9 Å². The molecule has 2 heterocycles. The average molecular weight is 332 g/mol. The van der Waals surface area contributed by atoms with Crippen LogP contribution in [0.4, 0.5) is 0 Å². The molecule has 0 aromatic heterocycles. The fourth-order valence-electron chi connectivity index (χ4n) is 5.83. The molecule has 3 nitrogen and oxygen atoms in total. The van der Waals surface area contributed by atoms with Gasteiger partial charge in [0.1, 0.15) is 0 Å². The highest BCUT2D eigenvalue weighted by atomic mass is 35.5. The molecule has 2 saturated heterocycles. The lowest BCUT2D eigenvalue weighted by Gasteiger charge is -2.52. The summed E-state index contributed by atoms with van der Waals surface area (Å²) in [5.74, 6) is 2.29. The van der Waals surface area contributed by atoms with E-state index < -0.39 is 5.72 Å². The molecule has 2 saturated carbocycles. The van der Waals surface area contributed by atoms with Gasteiger partial charge in [-0.3, -0.25) is 4.79 Å². The van der Waals surface area contributed by atoms with E-state index in [1.165, 1.54) is 19.3 Å². The third kappa shape index (κ3) is 1.78. The minimum absolute atomic E-state index is 0.0311. The quantitative estimate of drug-likeness (QED) is 0.783. The van der Waals surface area contributed by atoms with E-state index in [9.17, 15) is 4.79 Å². The number of hydrogen-bond acceptors (Lipinski definition) is 2. The zero-order valence-corrected chi connectivity index (χ0v) is 14.1. The van der Waals surface area contributed by atoms with Crippen LogP contribution in [0.3, 0.4) is 0 Å². The maximum atomic E-state index is 13.0. The van der Waals surface area contributed by atoms with Crippen molar-refractivity contribution < 1.29 is 9.53 Å². The first-order valence-electron chi connectivity index (χ1n) is 8.83. The molecule has 1 amide bonds. The molecular formula is C19H22ClNO2. The predicted molar refractivity (Wildman–Crippen MR) is 87.8 cm³/mol. The van der Waals surface area contributed by atoms with Gasteiger partial charge < -0.3 is 9.64 Å². The normalized spacial score (nSPS) is 44.5. The lowest BCUT2D eigenvalue weighted by Crippen LogP contribution is -2.60. The molecule has 0 radical (unpaired) electrons. The monoisotopic (exact) mass is 331 g/mol. The Morgan fingerprint density at radius 2 is 1.96 bits per heavy atom. The Morgan fingerprint density at radius 3 is 2.74 bits per heavy atom.